The molecule has 0 spiro atoms. The first-order valence-corrected chi connectivity index (χ1v) is 6.47. The van der Waals surface area contributed by atoms with Gasteiger partial charge in [0.2, 0.25) is 0 Å². The number of ether oxygens (including phenoxy) is 2. The minimum Gasteiger partial charge on any atom is -0.467 e. The van der Waals surface area contributed by atoms with Crippen molar-refractivity contribution in [1.29, 1.82) is 0 Å². The summed E-state index contributed by atoms with van der Waals surface area (Å²) in [6, 6.07) is 11.9. The molecule has 1 unspecified atom stereocenters. The van der Waals surface area contributed by atoms with E-state index < -0.39 is 6.04 Å². The van der Waals surface area contributed by atoms with Crippen LogP contribution in [0.4, 0.5) is 5.69 Å². The van der Waals surface area contributed by atoms with E-state index in [0.717, 1.165) is 5.56 Å². The van der Waals surface area contributed by atoms with Crippen molar-refractivity contribution in [3.8, 4) is 11.5 Å². The molecule has 0 saturated carbocycles. The van der Waals surface area contributed by atoms with Crippen LogP contribution in [0.5, 0.6) is 11.5 Å². The van der Waals surface area contributed by atoms with Gasteiger partial charge < -0.3 is 14.8 Å². The molecule has 1 heterocycles. The number of carbonyl (C=O) groups excluding carboxylic acids is 1. The van der Waals surface area contributed by atoms with Crippen LogP contribution in [0.15, 0.2) is 42.5 Å². The summed E-state index contributed by atoms with van der Waals surface area (Å²) in [6.45, 7) is 0. The Bertz CT molecular complexity index is 672. The summed E-state index contributed by atoms with van der Waals surface area (Å²) in [5, 5.41) is 3.69. The molecule has 4 nitrogen and oxygen atoms in total. The number of carbonyl (C=O) groups is 1. The van der Waals surface area contributed by atoms with Crippen LogP contribution in [0.25, 0.3) is 0 Å². The molecule has 0 aliphatic carbocycles. The zero-order valence-corrected chi connectivity index (χ0v) is 11.5. The second-order valence-corrected chi connectivity index (χ2v) is 4.82. The Kier molecular flexibility index (Phi) is 3.24. The van der Waals surface area contributed by atoms with E-state index in [0.29, 0.717) is 22.2 Å². The van der Waals surface area contributed by atoms with Crippen molar-refractivity contribution in [2.24, 2.45) is 0 Å². The largest absolute Gasteiger partial charge is 0.467 e. The van der Waals surface area contributed by atoms with Crippen molar-refractivity contribution < 1.29 is 14.3 Å². The topological polar surface area (TPSA) is 47.6 Å². The second-order valence-electron chi connectivity index (χ2n) is 4.38. The number of anilines is 1. The predicted octanol–water partition coefficient (Wildman–Crippen LogP) is 3.77. The molecule has 0 fully saturated rings. The zero-order valence-electron chi connectivity index (χ0n) is 10.7. The van der Waals surface area contributed by atoms with Crippen molar-refractivity contribution in [1.82, 2.24) is 0 Å². The molecule has 0 aromatic heterocycles. The average molecular weight is 290 g/mol. The molecule has 102 valence electrons. The maximum absolute atomic E-state index is 12.0. The van der Waals surface area contributed by atoms with Gasteiger partial charge in [0.15, 0.2) is 11.8 Å². The molecule has 0 saturated heterocycles. The highest BCUT2D eigenvalue weighted by atomic mass is 35.5. The quantitative estimate of drug-likeness (QED) is 0.812. The van der Waals surface area contributed by atoms with Gasteiger partial charge in [-0.3, -0.25) is 0 Å². The minimum absolute atomic E-state index is 0.381. The first-order chi connectivity index (χ1) is 9.69. The standard InChI is InChI=1S/C15H12ClNO3/c1-19-15(18)14-10-4-2-3-5-12(10)20-13-7-6-9(16)8-11(13)17-14/h2-8,14,17H,1H3. The molecule has 0 radical (unpaired) electrons. The molecule has 3 rings (SSSR count). The molecule has 0 bridgehead atoms. The van der Waals surface area contributed by atoms with E-state index in [1.54, 1.807) is 18.2 Å². The van der Waals surface area contributed by atoms with Crippen LogP contribution in [-0.4, -0.2) is 13.1 Å². The third-order valence-electron chi connectivity index (χ3n) is 3.13. The van der Waals surface area contributed by atoms with Crippen LogP contribution in [-0.2, 0) is 9.53 Å². The van der Waals surface area contributed by atoms with Crippen molar-refractivity contribution in [3.63, 3.8) is 0 Å². The van der Waals surface area contributed by atoms with Gasteiger partial charge >= 0.3 is 5.97 Å². The van der Waals surface area contributed by atoms with E-state index >= 15 is 0 Å². The van der Waals surface area contributed by atoms with Crippen molar-refractivity contribution in [2.45, 2.75) is 6.04 Å². The SMILES string of the molecule is COC(=O)C1Nc2cc(Cl)ccc2Oc2ccccc21. The number of hydrogen-bond donors (Lipinski definition) is 1. The van der Waals surface area contributed by atoms with Gasteiger partial charge in [-0.05, 0) is 24.3 Å². The number of esters is 1. The monoisotopic (exact) mass is 289 g/mol. The Labute approximate surface area is 121 Å². The lowest BCUT2D eigenvalue weighted by atomic mass is 10.1. The highest BCUT2D eigenvalue weighted by Crippen LogP contribution is 2.41. The molecule has 20 heavy (non-hydrogen) atoms. The highest BCUT2D eigenvalue weighted by molar-refractivity contribution is 6.31. The van der Waals surface area contributed by atoms with Gasteiger partial charge in [0.05, 0.1) is 12.8 Å². The van der Waals surface area contributed by atoms with Crippen LogP contribution in [0.3, 0.4) is 0 Å². The summed E-state index contributed by atoms with van der Waals surface area (Å²) in [5.41, 5.74) is 1.38. The summed E-state index contributed by atoms with van der Waals surface area (Å²) < 4.78 is 10.7. The van der Waals surface area contributed by atoms with Gasteiger partial charge in [-0.15, -0.1) is 0 Å². The molecule has 1 aliphatic heterocycles. The Balaban J connectivity index is 2.14. The van der Waals surface area contributed by atoms with Crippen LogP contribution in [0, 0.1) is 0 Å². The number of halogens is 1. The Morgan fingerprint density at radius 3 is 2.85 bits per heavy atom. The second kappa shape index (κ2) is 5.06. The van der Waals surface area contributed by atoms with Crippen LogP contribution in [0.2, 0.25) is 5.02 Å². The predicted molar refractivity (Wildman–Crippen MR) is 76.3 cm³/mol. The molecular weight excluding hydrogens is 278 g/mol. The Morgan fingerprint density at radius 2 is 2.05 bits per heavy atom. The normalized spacial score (nSPS) is 16.0. The number of rotatable bonds is 1. The summed E-state index contributed by atoms with van der Waals surface area (Å²) in [5.74, 6) is 0.860. The number of hydrogen-bond acceptors (Lipinski definition) is 4. The van der Waals surface area contributed by atoms with Crippen molar-refractivity contribution >= 4 is 23.3 Å². The lowest BCUT2D eigenvalue weighted by Gasteiger charge is -2.16. The fourth-order valence-corrected chi connectivity index (χ4v) is 2.34. The zero-order chi connectivity index (χ0) is 14.1. The fourth-order valence-electron chi connectivity index (χ4n) is 2.17. The van der Waals surface area contributed by atoms with Crippen LogP contribution in [0.1, 0.15) is 11.6 Å². The van der Waals surface area contributed by atoms with Gasteiger partial charge in [-0.25, -0.2) is 4.79 Å². The van der Waals surface area contributed by atoms with Crippen molar-refractivity contribution in [3.05, 3.63) is 53.1 Å². The molecule has 5 heteroatoms. The number of para-hydroxylation sites is 1. The van der Waals surface area contributed by atoms with Crippen LogP contribution >= 0.6 is 11.6 Å². The third-order valence-corrected chi connectivity index (χ3v) is 3.36. The Hall–Kier alpha value is -2.20. The van der Waals surface area contributed by atoms with Crippen LogP contribution < -0.4 is 10.1 Å². The molecular formula is C15H12ClNO3. The number of fused-ring (bicyclic) bond motifs is 2. The lowest BCUT2D eigenvalue weighted by molar-refractivity contribution is -0.141. The molecule has 1 N–H and O–H groups in total. The van der Waals surface area contributed by atoms with E-state index in [1.807, 2.05) is 24.3 Å². The summed E-state index contributed by atoms with van der Waals surface area (Å²) in [4.78, 5) is 12.0. The summed E-state index contributed by atoms with van der Waals surface area (Å²) >= 11 is 5.99. The maximum atomic E-state index is 12.0. The van der Waals surface area contributed by atoms with E-state index in [2.05, 4.69) is 5.32 Å². The number of nitrogens with one attached hydrogen (secondary N) is 1. The van der Waals surface area contributed by atoms with E-state index in [4.69, 9.17) is 21.1 Å². The smallest absolute Gasteiger partial charge is 0.333 e. The summed E-state index contributed by atoms with van der Waals surface area (Å²) in [7, 11) is 1.36. The fraction of sp³-hybridized carbons (Fsp3) is 0.133. The molecule has 2 aromatic rings. The molecule has 1 aliphatic rings. The maximum Gasteiger partial charge on any atom is 0.333 e. The van der Waals surface area contributed by atoms with E-state index in [1.165, 1.54) is 7.11 Å². The lowest BCUT2D eigenvalue weighted by Crippen LogP contribution is -2.21. The van der Waals surface area contributed by atoms with Gasteiger partial charge in [0.1, 0.15) is 5.75 Å². The van der Waals surface area contributed by atoms with Gasteiger partial charge in [0.25, 0.3) is 0 Å². The van der Waals surface area contributed by atoms with Crippen molar-refractivity contribution in [2.75, 3.05) is 12.4 Å². The summed E-state index contributed by atoms with van der Waals surface area (Å²) in [6.07, 6.45) is 0. The third kappa shape index (κ3) is 2.18. The van der Waals surface area contributed by atoms with E-state index in [9.17, 15) is 4.79 Å². The number of benzene rings is 2. The van der Waals surface area contributed by atoms with Gasteiger partial charge in [-0.1, -0.05) is 29.8 Å². The molecule has 0 amide bonds. The first-order valence-electron chi connectivity index (χ1n) is 6.10. The van der Waals surface area contributed by atoms with Gasteiger partial charge in [0, 0.05) is 10.6 Å². The average Bonchev–Trinajstić information content (AvgIpc) is 2.63. The van der Waals surface area contributed by atoms with Gasteiger partial charge in [-0.2, -0.15) is 0 Å². The number of methoxy groups -OCH3 is 1. The molecule has 1 atom stereocenters. The minimum atomic E-state index is -0.629. The highest BCUT2D eigenvalue weighted by Gasteiger charge is 2.28. The first kappa shape index (κ1) is 12.8. The van der Waals surface area contributed by atoms with E-state index in [-0.39, 0.29) is 5.97 Å². The molecule has 2 aromatic carbocycles. The Morgan fingerprint density at radius 1 is 1.25 bits per heavy atom.